The predicted molar refractivity (Wildman–Crippen MR) is 112 cm³/mol. The second-order valence-corrected chi connectivity index (χ2v) is 6.77. The number of hydrogen-bond donors (Lipinski definition) is 1. The second-order valence-electron chi connectivity index (χ2n) is 5.82. The average Bonchev–Trinajstić information content (AvgIpc) is 3.25. The highest BCUT2D eigenvalue weighted by molar-refractivity contribution is 7.12. The van der Waals surface area contributed by atoms with E-state index in [0.29, 0.717) is 60.5 Å². The largest absolute Gasteiger partial charge is 0.490 e. The maximum absolute atomic E-state index is 12.5. The number of esters is 1. The van der Waals surface area contributed by atoms with Crippen LogP contribution in [0, 0.1) is 0 Å². The molecule has 1 aromatic heterocycles. The summed E-state index contributed by atoms with van der Waals surface area (Å²) >= 11 is 1.38. The zero-order chi connectivity index (χ0) is 21.1. The number of carbonyl (C=O) groups is 2. The van der Waals surface area contributed by atoms with Crippen LogP contribution in [-0.4, -0.2) is 44.8 Å². The van der Waals surface area contributed by atoms with E-state index in [9.17, 15) is 9.59 Å². The summed E-state index contributed by atoms with van der Waals surface area (Å²) in [5.41, 5.74) is 0.322. The summed E-state index contributed by atoms with van der Waals surface area (Å²) < 4.78 is 22.2. The van der Waals surface area contributed by atoms with Crippen LogP contribution in [0.4, 0.5) is 0 Å². The minimum absolute atomic E-state index is 0.124. The quantitative estimate of drug-likeness (QED) is 0.413. The SMILES string of the molecule is CCOc1cc(C(=O)OCCCNC(=O)c2cccs2)cc(OCC)c1OCC. The number of rotatable bonds is 12. The molecule has 0 saturated heterocycles. The second kappa shape index (κ2) is 12.0. The summed E-state index contributed by atoms with van der Waals surface area (Å²) in [7, 11) is 0. The van der Waals surface area contributed by atoms with Gasteiger partial charge < -0.3 is 24.3 Å². The molecule has 0 spiro atoms. The molecule has 158 valence electrons. The first-order valence-corrected chi connectivity index (χ1v) is 10.5. The Bertz CT molecular complexity index is 763. The van der Waals surface area contributed by atoms with Gasteiger partial charge in [-0.15, -0.1) is 11.3 Å². The lowest BCUT2D eigenvalue weighted by atomic mass is 10.2. The van der Waals surface area contributed by atoms with Crippen LogP contribution in [0.2, 0.25) is 0 Å². The molecule has 0 radical (unpaired) electrons. The molecule has 29 heavy (non-hydrogen) atoms. The van der Waals surface area contributed by atoms with E-state index < -0.39 is 5.97 Å². The third-order valence-electron chi connectivity index (χ3n) is 3.73. The molecule has 7 nitrogen and oxygen atoms in total. The smallest absolute Gasteiger partial charge is 0.338 e. The zero-order valence-corrected chi connectivity index (χ0v) is 17.8. The number of thiophene rings is 1. The van der Waals surface area contributed by atoms with Crippen LogP contribution in [-0.2, 0) is 4.74 Å². The number of hydrogen-bond acceptors (Lipinski definition) is 7. The maximum Gasteiger partial charge on any atom is 0.338 e. The van der Waals surface area contributed by atoms with Gasteiger partial charge in [0.1, 0.15) is 0 Å². The first-order chi connectivity index (χ1) is 14.1. The third-order valence-corrected chi connectivity index (χ3v) is 4.60. The monoisotopic (exact) mass is 421 g/mol. The van der Waals surface area contributed by atoms with E-state index in [4.69, 9.17) is 18.9 Å². The minimum atomic E-state index is -0.487. The van der Waals surface area contributed by atoms with Crippen LogP contribution in [0.5, 0.6) is 17.2 Å². The van der Waals surface area contributed by atoms with Crippen molar-refractivity contribution in [1.29, 1.82) is 0 Å². The molecule has 0 aliphatic heterocycles. The van der Waals surface area contributed by atoms with E-state index in [1.54, 1.807) is 18.2 Å². The Labute approximate surface area is 174 Å². The number of benzene rings is 1. The summed E-state index contributed by atoms with van der Waals surface area (Å²) in [4.78, 5) is 25.0. The van der Waals surface area contributed by atoms with Crippen LogP contribution in [0.1, 0.15) is 47.2 Å². The molecule has 8 heteroatoms. The number of amides is 1. The van der Waals surface area contributed by atoms with Crippen LogP contribution in [0.3, 0.4) is 0 Å². The van der Waals surface area contributed by atoms with Gasteiger partial charge in [-0.1, -0.05) is 6.07 Å². The van der Waals surface area contributed by atoms with Crippen LogP contribution in [0.25, 0.3) is 0 Å². The predicted octanol–water partition coefficient (Wildman–Crippen LogP) is 3.92. The highest BCUT2D eigenvalue weighted by atomic mass is 32.1. The van der Waals surface area contributed by atoms with Crippen molar-refractivity contribution in [1.82, 2.24) is 5.32 Å². The molecular weight excluding hydrogens is 394 g/mol. The Balaban J connectivity index is 1.94. The van der Waals surface area contributed by atoms with Crippen LogP contribution < -0.4 is 19.5 Å². The summed E-state index contributed by atoms with van der Waals surface area (Å²) in [6, 6.07) is 6.78. The van der Waals surface area contributed by atoms with E-state index in [2.05, 4.69) is 5.32 Å². The van der Waals surface area contributed by atoms with Crippen molar-refractivity contribution in [3.63, 3.8) is 0 Å². The first-order valence-electron chi connectivity index (χ1n) is 9.65. The lowest BCUT2D eigenvalue weighted by Gasteiger charge is -2.16. The molecule has 0 atom stereocenters. The van der Waals surface area contributed by atoms with Gasteiger partial charge in [-0.05, 0) is 50.8 Å². The number of nitrogens with one attached hydrogen (secondary N) is 1. The molecule has 0 bridgehead atoms. The van der Waals surface area contributed by atoms with E-state index in [0.717, 1.165) is 0 Å². The normalized spacial score (nSPS) is 10.3. The van der Waals surface area contributed by atoms with Crippen molar-refractivity contribution in [3.8, 4) is 17.2 Å². The van der Waals surface area contributed by atoms with Crippen molar-refractivity contribution in [2.75, 3.05) is 33.0 Å². The van der Waals surface area contributed by atoms with Crippen LogP contribution in [0.15, 0.2) is 29.6 Å². The Kier molecular flexibility index (Phi) is 9.30. The van der Waals surface area contributed by atoms with E-state index in [1.807, 2.05) is 32.2 Å². The molecule has 2 rings (SSSR count). The summed E-state index contributed by atoms with van der Waals surface area (Å²) in [5.74, 6) is 0.745. The molecule has 0 unspecified atom stereocenters. The minimum Gasteiger partial charge on any atom is -0.490 e. The average molecular weight is 422 g/mol. The molecule has 1 amide bonds. The van der Waals surface area contributed by atoms with Gasteiger partial charge in [0.15, 0.2) is 11.5 Å². The lowest BCUT2D eigenvalue weighted by molar-refractivity contribution is 0.0499. The fourth-order valence-electron chi connectivity index (χ4n) is 2.52. The molecule has 2 aromatic rings. The highest BCUT2D eigenvalue weighted by Crippen LogP contribution is 2.39. The molecule has 0 aliphatic carbocycles. The molecule has 0 fully saturated rings. The van der Waals surface area contributed by atoms with Gasteiger partial charge in [-0.2, -0.15) is 0 Å². The van der Waals surface area contributed by atoms with Gasteiger partial charge in [0, 0.05) is 6.54 Å². The fraction of sp³-hybridized carbons (Fsp3) is 0.429. The molecule has 0 aliphatic rings. The van der Waals surface area contributed by atoms with Gasteiger partial charge >= 0.3 is 5.97 Å². The topological polar surface area (TPSA) is 83.1 Å². The summed E-state index contributed by atoms with van der Waals surface area (Å²) in [6.45, 7) is 7.47. The zero-order valence-electron chi connectivity index (χ0n) is 17.0. The molecule has 0 saturated carbocycles. The van der Waals surface area contributed by atoms with Crippen molar-refractivity contribution >= 4 is 23.2 Å². The highest BCUT2D eigenvalue weighted by Gasteiger charge is 2.19. The third kappa shape index (κ3) is 6.67. The number of ether oxygens (including phenoxy) is 4. The van der Waals surface area contributed by atoms with Crippen LogP contribution >= 0.6 is 11.3 Å². The van der Waals surface area contributed by atoms with E-state index in [-0.39, 0.29) is 12.5 Å². The molecule has 1 aromatic carbocycles. The van der Waals surface area contributed by atoms with Gasteiger partial charge in [-0.3, -0.25) is 4.79 Å². The van der Waals surface area contributed by atoms with Gasteiger partial charge in [-0.25, -0.2) is 4.79 Å². The molecular formula is C21H27NO6S. The van der Waals surface area contributed by atoms with E-state index >= 15 is 0 Å². The summed E-state index contributed by atoms with van der Waals surface area (Å²) in [5, 5.41) is 4.64. The molecule has 1 N–H and O–H groups in total. The van der Waals surface area contributed by atoms with Gasteiger partial charge in [0.25, 0.3) is 5.91 Å². The van der Waals surface area contributed by atoms with Crippen molar-refractivity contribution in [2.24, 2.45) is 0 Å². The Hall–Kier alpha value is -2.74. The van der Waals surface area contributed by atoms with E-state index in [1.165, 1.54) is 11.3 Å². The Morgan fingerprint density at radius 3 is 2.21 bits per heavy atom. The molecule has 1 heterocycles. The lowest BCUT2D eigenvalue weighted by Crippen LogP contribution is -2.24. The van der Waals surface area contributed by atoms with Crippen molar-refractivity contribution in [3.05, 3.63) is 40.1 Å². The first kappa shape index (κ1) is 22.5. The fourth-order valence-corrected chi connectivity index (χ4v) is 3.16. The van der Waals surface area contributed by atoms with Crippen molar-refractivity contribution in [2.45, 2.75) is 27.2 Å². The standard InChI is InChI=1S/C21H27NO6S/c1-4-25-16-13-15(14-17(26-5-2)19(16)27-6-3)21(24)28-11-8-10-22-20(23)18-9-7-12-29-18/h7,9,12-14H,4-6,8,10-11H2,1-3H3,(H,22,23). The van der Waals surface area contributed by atoms with Gasteiger partial charge in [0.2, 0.25) is 5.75 Å². The maximum atomic E-state index is 12.5. The number of carbonyl (C=O) groups excluding carboxylic acids is 2. The Morgan fingerprint density at radius 1 is 1.00 bits per heavy atom. The van der Waals surface area contributed by atoms with Crippen molar-refractivity contribution < 1.29 is 28.5 Å². The summed E-state index contributed by atoms with van der Waals surface area (Å²) in [6.07, 6.45) is 0.510. The van der Waals surface area contributed by atoms with Gasteiger partial charge in [0.05, 0.1) is 36.9 Å². The Morgan fingerprint density at radius 2 is 1.66 bits per heavy atom.